The fraction of sp³-hybridized carbons (Fsp3) is 0.300. The number of carboxylic acids is 1. The van der Waals surface area contributed by atoms with Crippen molar-refractivity contribution < 1.29 is 19.7 Å². The number of aliphatic carboxylic acids is 1. The second kappa shape index (κ2) is 4.62. The van der Waals surface area contributed by atoms with E-state index in [2.05, 4.69) is 0 Å². The van der Waals surface area contributed by atoms with Crippen LogP contribution < -0.4 is 4.74 Å². The van der Waals surface area contributed by atoms with Gasteiger partial charge in [0.1, 0.15) is 5.75 Å². The summed E-state index contributed by atoms with van der Waals surface area (Å²) in [6.07, 6.45) is -1.34. The maximum absolute atomic E-state index is 10.4. The van der Waals surface area contributed by atoms with Crippen molar-refractivity contribution in [1.82, 2.24) is 0 Å². The van der Waals surface area contributed by atoms with Crippen LogP contribution in [-0.2, 0) is 4.79 Å². The number of para-hydroxylation sites is 1. The number of hydrogen-bond acceptors (Lipinski definition) is 3. The van der Waals surface area contributed by atoms with E-state index in [1.807, 2.05) is 0 Å². The van der Waals surface area contributed by atoms with Gasteiger partial charge in [-0.1, -0.05) is 18.2 Å². The van der Waals surface area contributed by atoms with E-state index in [0.717, 1.165) is 0 Å². The van der Waals surface area contributed by atoms with Crippen LogP contribution in [0.2, 0.25) is 0 Å². The van der Waals surface area contributed by atoms with Crippen LogP contribution in [0.4, 0.5) is 0 Å². The topological polar surface area (TPSA) is 66.8 Å². The summed E-state index contributed by atoms with van der Waals surface area (Å²) >= 11 is 0. The first-order valence-corrected chi connectivity index (χ1v) is 4.18. The van der Waals surface area contributed by atoms with Crippen LogP contribution in [0.1, 0.15) is 18.1 Å². The van der Waals surface area contributed by atoms with Gasteiger partial charge in [0.25, 0.3) is 0 Å². The van der Waals surface area contributed by atoms with Crippen molar-refractivity contribution in [3.05, 3.63) is 29.8 Å². The minimum absolute atomic E-state index is 0.319. The Morgan fingerprint density at radius 3 is 2.71 bits per heavy atom. The zero-order valence-corrected chi connectivity index (χ0v) is 7.80. The normalized spacial score (nSPS) is 12.1. The van der Waals surface area contributed by atoms with Gasteiger partial charge in [-0.2, -0.15) is 0 Å². The van der Waals surface area contributed by atoms with Crippen LogP contribution >= 0.6 is 0 Å². The number of carbonyl (C=O) groups is 1. The van der Waals surface area contributed by atoms with Crippen molar-refractivity contribution in [1.29, 1.82) is 0 Å². The fourth-order valence-corrected chi connectivity index (χ4v) is 1.22. The van der Waals surface area contributed by atoms with Gasteiger partial charge in [0.15, 0.2) is 0 Å². The van der Waals surface area contributed by atoms with Crippen LogP contribution in [0.5, 0.6) is 5.75 Å². The van der Waals surface area contributed by atoms with E-state index in [-0.39, 0.29) is 6.42 Å². The Hall–Kier alpha value is -1.55. The van der Waals surface area contributed by atoms with Crippen molar-refractivity contribution in [2.24, 2.45) is 0 Å². The molecule has 4 nitrogen and oxygen atoms in total. The third kappa shape index (κ3) is 2.47. The van der Waals surface area contributed by atoms with E-state index in [1.165, 1.54) is 7.11 Å². The van der Waals surface area contributed by atoms with Crippen molar-refractivity contribution in [3.63, 3.8) is 0 Å². The molecule has 0 saturated heterocycles. The molecule has 0 aromatic heterocycles. The minimum Gasteiger partial charge on any atom is -0.496 e. The summed E-state index contributed by atoms with van der Waals surface area (Å²) in [4.78, 5) is 10.4. The second-order valence-corrected chi connectivity index (χ2v) is 2.86. The lowest BCUT2D eigenvalue weighted by atomic mass is 10.1. The molecule has 0 aliphatic rings. The number of carboxylic acid groups (broad SMARTS) is 1. The van der Waals surface area contributed by atoms with E-state index in [9.17, 15) is 9.90 Å². The molecule has 0 heterocycles. The average Bonchev–Trinajstić information content (AvgIpc) is 2.16. The average molecular weight is 196 g/mol. The number of methoxy groups -OCH3 is 1. The maximum Gasteiger partial charge on any atom is 0.306 e. The van der Waals surface area contributed by atoms with E-state index >= 15 is 0 Å². The molecule has 0 aliphatic carbocycles. The summed E-state index contributed by atoms with van der Waals surface area (Å²) < 4.78 is 5.00. The summed E-state index contributed by atoms with van der Waals surface area (Å²) in [5.41, 5.74) is 0.498. The molecule has 2 N–H and O–H groups in total. The van der Waals surface area contributed by atoms with Crippen molar-refractivity contribution in [2.75, 3.05) is 7.11 Å². The number of benzene rings is 1. The monoisotopic (exact) mass is 196 g/mol. The first kappa shape index (κ1) is 10.5. The predicted octanol–water partition coefficient (Wildman–Crippen LogP) is 1.20. The third-order valence-corrected chi connectivity index (χ3v) is 1.87. The molecule has 1 rings (SSSR count). The van der Waals surface area contributed by atoms with Gasteiger partial charge in [-0.25, -0.2) is 0 Å². The first-order chi connectivity index (χ1) is 6.65. The molecule has 0 radical (unpaired) electrons. The van der Waals surface area contributed by atoms with Crippen LogP contribution in [0.3, 0.4) is 0 Å². The largest absolute Gasteiger partial charge is 0.496 e. The van der Waals surface area contributed by atoms with Crippen molar-refractivity contribution in [3.8, 4) is 5.75 Å². The standard InChI is InChI=1S/C10H12O4/c1-14-9-5-3-2-4-7(9)8(11)6-10(12)13/h2-5,8,11H,6H2,1H3,(H,12,13)/t8-/m1/s1. The lowest BCUT2D eigenvalue weighted by Gasteiger charge is -2.12. The minimum atomic E-state index is -1.04. The van der Waals surface area contributed by atoms with Gasteiger partial charge in [-0.15, -0.1) is 0 Å². The molecule has 0 saturated carbocycles. The number of aliphatic hydroxyl groups excluding tert-OH is 1. The molecule has 0 fully saturated rings. The highest BCUT2D eigenvalue weighted by Gasteiger charge is 2.15. The van der Waals surface area contributed by atoms with Gasteiger partial charge in [-0.3, -0.25) is 4.79 Å². The quantitative estimate of drug-likeness (QED) is 0.759. The lowest BCUT2D eigenvalue weighted by Crippen LogP contribution is -2.06. The summed E-state index contributed by atoms with van der Waals surface area (Å²) in [6.45, 7) is 0. The van der Waals surface area contributed by atoms with E-state index in [4.69, 9.17) is 9.84 Å². The second-order valence-electron chi connectivity index (χ2n) is 2.86. The number of hydrogen-bond donors (Lipinski definition) is 2. The van der Waals surface area contributed by atoms with Gasteiger partial charge in [0.05, 0.1) is 19.6 Å². The van der Waals surface area contributed by atoms with Crippen LogP contribution in [0.25, 0.3) is 0 Å². The highest BCUT2D eigenvalue weighted by Crippen LogP contribution is 2.26. The number of rotatable bonds is 4. The molecule has 0 bridgehead atoms. The lowest BCUT2D eigenvalue weighted by molar-refractivity contribution is -0.139. The van der Waals surface area contributed by atoms with Crippen molar-refractivity contribution in [2.45, 2.75) is 12.5 Å². The van der Waals surface area contributed by atoms with Crippen LogP contribution in [-0.4, -0.2) is 23.3 Å². The Bertz CT molecular complexity index is 322. The van der Waals surface area contributed by atoms with Gasteiger partial charge >= 0.3 is 5.97 Å². The van der Waals surface area contributed by atoms with Crippen LogP contribution in [0, 0.1) is 0 Å². The van der Waals surface area contributed by atoms with Crippen LogP contribution in [0.15, 0.2) is 24.3 Å². The summed E-state index contributed by atoms with van der Waals surface area (Å²) in [7, 11) is 1.48. The summed E-state index contributed by atoms with van der Waals surface area (Å²) in [6, 6.07) is 6.81. The highest BCUT2D eigenvalue weighted by molar-refractivity contribution is 5.67. The molecule has 1 aromatic rings. The predicted molar refractivity (Wildman–Crippen MR) is 50.2 cm³/mol. The Labute approximate surface area is 81.8 Å². The van der Waals surface area contributed by atoms with Gasteiger partial charge in [0.2, 0.25) is 0 Å². The van der Waals surface area contributed by atoms with Gasteiger partial charge in [-0.05, 0) is 6.07 Å². The molecule has 4 heteroatoms. The summed E-state index contributed by atoms with van der Waals surface area (Å²) in [5, 5.41) is 18.1. The zero-order chi connectivity index (χ0) is 10.6. The molecule has 1 aromatic carbocycles. The van der Waals surface area contributed by atoms with E-state index < -0.39 is 12.1 Å². The summed E-state index contributed by atoms with van der Waals surface area (Å²) in [5.74, 6) is -0.537. The smallest absolute Gasteiger partial charge is 0.306 e. The molecule has 0 amide bonds. The van der Waals surface area contributed by atoms with Crippen molar-refractivity contribution >= 4 is 5.97 Å². The van der Waals surface area contributed by atoms with E-state index in [0.29, 0.717) is 11.3 Å². The molecule has 76 valence electrons. The Kier molecular flexibility index (Phi) is 3.48. The first-order valence-electron chi connectivity index (χ1n) is 4.18. The van der Waals surface area contributed by atoms with Gasteiger partial charge < -0.3 is 14.9 Å². The van der Waals surface area contributed by atoms with Gasteiger partial charge in [0, 0.05) is 5.56 Å². The fourth-order valence-electron chi connectivity index (χ4n) is 1.22. The highest BCUT2D eigenvalue weighted by atomic mass is 16.5. The molecule has 0 aliphatic heterocycles. The SMILES string of the molecule is COc1ccccc1[C@H](O)CC(=O)O. The Morgan fingerprint density at radius 1 is 1.50 bits per heavy atom. The molecular weight excluding hydrogens is 184 g/mol. The zero-order valence-electron chi connectivity index (χ0n) is 7.80. The number of aliphatic hydroxyl groups is 1. The molecule has 0 spiro atoms. The Balaban J connectivity index is 2.87. The third-order valence-electron chi connectivity index (χ3n) is 1.87. The maximum atomic E-state index is 10.4. The molecule has 14 heavy (non-hydrogen) atoms. The molecule has 0 unspecified atom stereocenters. The molecular formula is C10H12O4. The van der Waals surface area contributed by atoms with E-state index in [1.54, 1.807) is 24.3 Å². The molecule has 1 atom stereocenters. The Morgan fingerprint density at radius 2 is 2.14 bits per heavy atom. The number of ether oxygens (including phenoxy) is 1.